The summed E-state index contributed by atoms with van der Waals surface area (Å²) in [7, 11) is -0.0413. The normalized spacial score (nSPS) is 12.2. The molecule has 0 amide bonds. The molecular weight excluding hydrogens is 228 g/mol. The van der Waals surface area contributed by atoms with Crippen molar-refractivity contribution in [2.75, 3.05) is 26.4 Å². The van der Waals surface area contributed by atoms with Crippen LogP contribution in [0.2, 0.25) is 0 Å². The quantitative estimate of drug-likeness (QED) is 0.745. The Bertz CT molecular complexity index is 423. The van der Waals surface area contributed by atoms with Crippen molar-refractivity contribution in [3.63, 3.8) is 0 Å². The van der Waals surface area contributed by atoms with Gasteiger partial charge in [-0.05, 0) is 19.1 Å². The van der Waals surface area contributed by atoms with Crippen LogP contribution in [0.3, 0.4) is 0 Å². The summed E-state index contributed by atoms with van der Waals surface area (Å²) in [6.07, 6.45) is 0. The van der Waals surface area contributed by atoms with Gasteiger partial charge in [-0.15, -0.1) is 0 Å². The molecule has 0 aromatic carbocycles. The largest absolute Gasteiger partial charge is 0.465 e. The maximum atomic E-state index is 11.4. The summed E-state index contributed by atoms with van der Waals surface area (Å²) >= 11 is 0. The van der Waals surface area contributed by atoms with Crippen molar-refractivity contribution in [2.45, 2.75) is 13.5 Å². The van der Waals surface area contributed by atoms with Crippen molar-refractivity contribution in [3.05, 3.63) is 23.7 Å². The smallest absolute Gasteiger partial charge is 0.214 e. The van der Waals surface area contributed by atoms with Gasteiger partial charge in [-0.25, -0.2) is 12.7 Å². The van der Waals surface area contributed by atoms with E-state index in [2.05, 4.69) is 5.32 Å². The van der Waals surface area contributed by atoms with E-state index in [1.54, 1.807) is 0 Å². The van der Waals surface area contributed by atoms with E-state index < -0.39 is 10.0 Å². The minimum absolute atomic E-state index is 0.0969. The minimum Gasteiger partial charge on any atom is -0.465 e. The van der Waals surface area contributed by atoms with Gasteiger partial charge in [-0.2, -0.15) is 0 Å². The molecule has 0 aliphatic heterocycles. The van der Waals surface area contributed by atoms with Crippen LogP contribution in [0, 0.1) is 6.92 Å². The Balaban J connectivity index is 2.27. The number of hydrogen-bond donors (Lipinski definition) is 1. The monoisotopic (exact) mass is 246 g/mol. The highest BCUT2D eigenvalue weighted by atomic mass is 32.2. The Hall–Kier alpha value is -0.850. The first kappa shape index (κ1) is 13.2. The van der Waals surface area contributed by atoms with E-state index in [-0.39, 0.29) is 5.75 Å². The number of hydrogen-bond acceptors (Lipinski definition) is 4. The summed E-state index contributed by atoms with van der Waals surface area (Å²) in [6, 6.07) is 3.76. The Morgan fingerprint density at radius 3 is 2.56 bits per heavy atom. The van der Waals surface area contributed by atoms with Crippen molar-refractivity contribution in [2.24, 2.45) is 0 Å². The lowest BCUT2D eigenvalue weighted by molar-refractivity contribution is 0.463. The molecular formula is C10H18N2O3S. The molecule has 0 saturated heterocycles. The zero-order valence-corrected chi connectivity index (χ0v) is 10.7. The van der Waals surface area contributed by atoms with E-state index >= 15 is 0 Å². The molecule has 1 heterocycles. The van der Waals surface area contributed by atoms with Crippen LogP contribution >= 0.6 is 0 Å². The van der Waals surface area contributed by atoms with Gasteiger partial charge in [-0.1, -0.05) is 0 Å². The van der Waals surface area contributed by atoms with Crippen LogP contribution in [0.15, 0.2) is 16.5 Å². The van der Waals surface area contributed by atoms with E-state index in [1.807, 2.05) is 19.1 Å². The van der Waals surface area contributed by atoms with E-state index in [0.29, 0.717) is 13.1 Å². The first-order chi connectivity index (χ1) is 7.42. The molecule has 0 aliphatic rings. The summed E-state index contributed by atoms with van der Waals surface area (Å²) in [5.74, 6) is 1.78. The third kappa shape index (κ3) is 3.96. The predicted molar refractivity (Wildman–Crippen MR) is 62.6 cm³/mol. The average Bonchev–Trinajstić information content (AvgIpc) is 2.59. The number of aryl methyl sites for hydroxylation is 1. The van der Waals surface area contributed by atoms with Crippen molar-refractivity contribution in [3.8, 4) is 0 Å². The molecule has 1 aromatic heterocycles. The maximum absolute atomic E-state index is 11.4. The van der Waals surface area contributed by atoms with Crippen molar-refractivity contribution >= 4 is 10.0 Å². The number of sulfonamides is 1. The van der Waals surface area contributed by atoms with Crippen LogP contribution in [0.25, 0.3) is 0 Å². The lowest BCUT2D eigenvalue weighted by atomic mass is 10.4. The van der Waals surface area contributed by atoms with Gasteiger partial charge in [0.25, 0.3) is 0 Å². The third-order valence-corrected chi connectivity index (χ3v) is 4.02. The first-order valence-corrected chi connectivity index (χ1v) is 6.69. The molecule has 0 atom stereocenters. The summed E-state index contributed by atoms with van der Waals surface area (Å²) in [6.45, 7) is 2.84. The second-order valence-corrected chi connectivity index (χ2v) is 6.09. The molecule has 1 rings (SSSR count). The highest BCUT2D eigenvalue weighted by molar-refractivity contribution is 7.89. The molecule has 5 nitrogen and oxygen atoms in total. The molecule has 0 unspecified atom stereocenters. The molecule has 0 fully saturated rings. The highest BCUT2D eigenvalue weighted by Crippen LogP contribution is 2.05. The zero-order valence-electron chi connectivity index (χ0n) is 9.86. The van der Waals surface area contributed by atoms with Crippen LogP contribution in [0.4, 0.5) is 0 Å². The maximum Gasteiger partial charge on any atom is 0.214 e. The van der Waals surface area contributed by atoms with E-state index in [1.165, 1.54) is 18.4 Å². The highest BCUT2D eigenvalue weighted by Gasteiger charge is 2.12. The number of nitrogens with one attached hydrogen (secondary N) is 1. The van der Waals surface area contributed by atoms with E-state index in [4.69, 9.17) is 4.42 Å². The fraction of sp³-hybridized carbons (Fsp3) is 0.600. The van der Waals surface area contributed by atoms with Gasteiger partial charge >= 0.3 is 0 Å². The van der Waals surface area contributed by atoms with Crippen molar-refractivity contribution in [1.82, 2.24) is 9.62 Å². The van der Waals surface area contributed by atoms with Crippen LogP contribution in [-0.2, 0) is 16.6 Å². The Morgan fingerprint density at radius 1 is 1.38 bits per heavy atom. The number of furan rings is 1. The van der Waals surface area contributed by atoms with Crippen LogP contribution in [0.5, 0.6) is 0 Å². The lowest BCUT2D eigenvalue weighted by Crippen LogP contribution is -2.30. The zero-order chi connectivity index (χ0) is 12.2. The summed E-state index contributed by atoms with van der Waals surface area (Å²) in [5, 5.41) is 3.03. The van der Waals surface area contributed by atoms with Gasteiger partial charge in [0, 0.05) is 20.6 Å². The van der Waals surface area contributed by atoms with Crippen LogP contribution in [-0.4, -0.2) is 39.1 Å². The third-order valence-electron chi connectivity index (χ3n) is 2.19. The Labute approximate surface area is 96.5 Å². The van der Waals surface area contributed by atoms with Crippen molar-refractivity contribution in [1.29, 1.82) is 0 Å². The summed E-state index contributed by atoms with van der Waals surface area (Å²) in [5.41, 5.74) is 0. The fourth-order valence-electron chi connectivity index (χ4n) is 1.18. The van der Waals surface area contributed by atoms with Crippen molar-refractivity contribution < 1.29 is 12.8 Å². The molecule has 0 spiro atoms. The first-order valence-electron chi connectivity index (χ1n) is 5.08. The number of nitrogens with zero attached hydrogens (tertiary/aromatic N) is 1. The second-order valence-electron chi connectivity index (χ2n) is 3.79. The van der Waals surface area contributed by atoms with Gasteiger partial charge in [-0.3, -0.25) is 0 Å². The topological polar surface area (TPSA) is 62.6 Å². The lowest BCUT2D eigenvalue weighted by Gasteiger charge is -2.10. The van der Waals surface area contributed by atoms with E-state index in [0.717, 1.165) is 11.5 Å². The van der Waals surface area contributed by atoms with Crippen LogP contribution in [0.1, 0.15) is 11.5 Å². The standard InChI is InChI=1S/C10H18N2O3S/c1-9-4-5-10(15-9)8-11-6-7-16(13,14)12(2)3/h4-5,11H,6-8H2,1-3H3. The number of rotatable bonds is 6. The molecule has 0 bridgehead atoms. The summed E-state index contributed by atoms with van der Waals surface area (Å²) in [4.78, 5) is 0. The molecule has 6 heteroatoms. The molecule has 0 saturated carbocycles. The molecule has 92 valence electrons. The predicted octanol–water partition coefficient (Wildman–Crippen LogP) is 0.569. The molecule has 0 aliphatic carbocycles. The molecule has 1 N–H and O–H groups in total. The summed E-state index contributed by atoms with van der Waals surface area (Å²) < 4.78 is 29.4. The Morgan fingerprint density at radius 2 is 2.06 bits per heavy atom. The Kier molecular flexibility index (Phi) is 4.52. The molecule has 0 radical (unpaired) electrons. The molecule has 16 heavy (non-hydrogen) atoms. The average molecular weight is 246 g/mol. The SMILES string of the molecule is Cc1ccc(CNCCS(=O)(=O)N(C)C)o1. The van der Waals surface area contributed by atoms with Gasteiger partial charge in [0.05, 0.1) is 12.3 Å². The van der Waals surface area contributed by atoms with Gasteiger partial charge in [0.2, 0.25) is 10.0 Å². The second kappa shape index (κ2) is 5.47. The van der Waals surface area contributed by atoms with Crippen LogP contribution < -0.4 is 5.32 Å². The molecule has 1 aromatic rings. The van der Waals surface area contributed by atoms with E-state index in [9.17, 15) is 8.42 Å². The minimum atomic E-state index is -3.11. The van der Waals surface area contributed by atoms with Gasteiger partial charge in [0.1, 0.15) is 11.5 Å². The fourth-order valence-corrected chi connectivity index (χ4v) is 1.94. The van der Waals surface area contributed by atoms with Gasteiger partial charge in [0.15, 0.2) is 0 Å². The van der Waals surface area contributed by atoms with Gasteiger partial charge < -0.3 is 9.73 Å².